The molecule has 0 saturated heterocycles. The largest absolute Gasteiger partial charge is 0.477 e. The molecular formula is C20H18FN3O4. The highest BCUT2D eigenvalue weighted by atomic mass is 19.1. The Labute approximate surface area is 160 Å². The van der Waals surface area contributed by atoms with Crippen LogP contribution in [0.15, 0.2) is 42.6 Å². The maximum absolute atomic E-state index is 13.9. The van der Waals surface area contributed by atoms with E-state index in [-0.39, 0.29) is 24.0 Å². The molecule has 28 heavy (non-hydrogen) atoms. The van der Waals surface area contributed by atoms with E-state index in [2.05, 4.69) is 4.98 Å². The third-order valence-corrected chi connectivity index (χ3v) is 4.43. The second-order valence-corrected chi connectivity index (χ2v) is 6.35. The lowest BCUT2D eigenvalue weighted by Gasteiger charge is -2.11. The quantitative estimate of drug-likeness (QED) is 0.363. The van der Waals surface area contributed by atoms with Gasteiger partial charge in [-0.2, -0.15) is 0 Å². The second-order valence-electron chi connectivity index (χ2n) is 6.35. The number of halogens is 1. The molecule has 0 atom stereocenters. The number of aromatic nitrogens is 2. The number of aryl methyl sites for hydroxylation is 2. The Bertz CT molecular complexity index is 1080. The minimum atomic E-state index is -0.669. The van der Waals surface area contributed by atoms with Crippen molar-refractivity contribution in [3.63, 3.8) is 0 Å². The molecule has 0 N–H and O–H groups in total. The molecule has 0 fully saturated rings. The van der Waals surface area contributed by atoms with Gasteiger partial charge in [-0.05, 0) is 66.6 Å². The first-order valence-corrected chi connectivity index (χ1v) is 8.50. The number of rotatable bonds is 6. The topological polar surface area (TPSA) is 87.3 Å². The highest BCUT2D eigenvalue weighted by molar-refractivity contribution is 5.98. The Morgan fingerprint density at radius 3 is 2.68 bits per heavy atom. The number of carbonyl (C=O) groups is 1. The molecule has 8 heteroatoms. The van der Waals surface area contributed by atoms with Crippen molar-refractivity contribution in [2.45, 2.75) is 20.8 Å². The van der Waals surface area contributed by atoms with E-state index in [1.807, 2.05) is 6.92 Å². The number of nitrogens with zero attached hydrogens (tertiary/aromatic N) is 3. The van der Waals surface area contributed by atoms with Crippen LogP contribution in [0.5, 0.6) is 5.75 Å². The van der Waals surface area contributed by atoms with E-state index in [1.54, 1.807) is 36.6 Å². The lowest BCUT2D eigenvalue weighted by molar-refractivity contribution is -0.390. The van der Waals surface area contributed by atoms with E-state index in [0.717, 1.165) is 5.69 Å². The van der Waals surface area contributed by atoms with Crippen LogP contribution in [-0.4, -0.2) is 26.9 Å². The highest BCUT2D eigenvalue weighted by Crippen LogP contribution is 2.25. The summed E-state index contributed by atoms with van der Waals surface area (Å²) in [5.74, 6) is -1.19. The summed E-state index contributed by atoms with van der Waals surface area (Å²) in [6, 6.07) is 9.44. The van der Waals surface area contributed by atoms with Gasteiger partial charge in [0, 0.05) is 22.6 Å². The van der Waals surface area contributed by atoms with Crippen LogP contribution in [0.3, 0.4) is 0 Å². The Balaban J connectivity index is 1.86. The molecule has 0 aliphatic heterocycles. The highest BCUT2D eigenvalue weighted by Gasteiger charge is 2.20. The third-order valence-electron chi connectivity index (χ3n) is 4.43. The molecule has 1 aromatic carbocycles. The maximum atomic E-state index is 13.9. The fourth-order valence-electron chi connectivity index (χ4n) is 3.02. The van der Waals surface area contributed by atoms with Crippen LogP contribution in [0.1, 0.15) is 27.3 Å². The van der Waals surface area contributed by atoms with E-state index in [9.17, 15) is 19.3 Å². The Morgan fingerprint density at radius 2 is 2.00 bits per heavy atom. The normalized spacial score (nSPS) is 10.7. The standard InChI is InChI=1S/C20H18FN3O4/c1-12-6-7-15(10-17(12)21)23-13(2)9-16(14(23)3)18(25)11-28-19-5-4-8-22-20(19)24(26)27/h4-10H,11H2,1-3H3. The monoisotopic (exact) mass is 383 g/mol. The van der Waals surface area contributed by atoms with E-state index < -0.39 is 10.7 Å². The lowest BCUT2D eigenvalue weighted by Crippen LogP contribution is -2.13. The number of pyridine rings is 1. The molecule has 0 spiro atoms. The zero-order valence-corrected chi connectivity index (χ0v) is 15.6. The van der Waals surface area contributed by atoms with Crippen molar-refractivity contribution >= 4 is 11.6 Å². The number of benzene rings is 1. The summed E-state index contributed by atoms with van der Waals surface area (Å²) < 4.78 is 21.1. The summed E-state index contributed by atoms with van der Waals surface area (Å²) in [7, 11) is 0. The fraction of sp³-hybridized carbons (Fsp3) is 0.200. The van der Waals surface area contributed by atoms with Crippen LogP contribution < -0.4 is 4.74 Å². The average Bonchev–Trinajstić information content (AvgIpc) is 2.96. The Morgan fingerprint density at radius 1 is 1.25 bits per heavy atom. The Kier molecular flexibility index (Phi) is 5.21. The molecular weight excluding hydrogens is 365 g/mol. The first-order valence-electron chi connectivity index (χ1n) is 8.50. The molecule has 0 bridgehead atoms. The van der Waals surface area contributed by atoms with E-state index in [1.165, 1.54) is 24.4 Å². The average molecular weight is 383 g/mol. The molecule has 0 amide bonds. The van der Waals surface area contributed by atoms with Crippen LogP contribution in [0, 0.1) is 36.7 Å². The van der Waals surface area contributed by atoms with Crippen LogP contribution in [0.25, 0.3) is 5.69 Å². The maximum Gasteiger partial charge on any atom is 0.406 e. The zero-order valence-electron chi connectivity index (χ0n) is 15.6. The van der Waals surface area contributed by atoms with Crippen molar-refractivity contribution < 1.29 is 18.8 Å². The van der Waals surface area contributed by atoms with Crippen molar-refractivity contribution in [1.82, 2.24) is 9.55 Å². The molecule has 2 aromatic heterocycles. The smallest absolute Gasteiger partial charge is 0.406 e. The summed E-state index contributed by atoms with van der Waals surface area (Å²) in [5.41, 5.74) is 2.95. The first-order chi connectivity index (χ1) is 13.3. The summed E-state index contributed by atoms with van der Waals surface area (Å²) in [5, 5.41) is 11.0. The van der Waals surface area contributed by atoms with Gasteiger partial charge < -0.3 is 19.4 Å². The molecule has 2 heterocycles. The summed E-state index contributed by atoms with van der Waals surface area (Å²) in [6.45, 7) is 4.87. The first kappa shape index (κ1) is 19.2. The van der Waals surface area contributed by atoms with Gasteiger partial charge in [-0.25, -0.2) is 4.39 Å². The summed E-state index contributed by atoms with van der Waals surface area (Å²) in [4.78, 5) is 26.6. The van der Waals surface area contributed by atoms with Gasteiger partial charge >= 0.3 is 5.82 Å². The molecule has 144 valence electrons. The number of nitro groups is 1. The fourth-order valence-corrected chi connectivity index (χ4v) is 3.02. The SMILES string of the molecule is Cc1ccc(-n2c(C)cc(C(=O)COc3cccnc3[N+](=O)[O-])c2C)cc1F. The lowest BCUT2D eigenvalue weighted by atomic mass is 10.1. The minimum Gasteiger partial charge on any atom is -0.477 e. The van der Waals surface area contributed by atoms with Gasteiger partial charge in [0.25, 0.3) is 0 Å². The summed E-state index contributed by atoms with van der Waals surface area (Å²) >= 11 is 0. The number of carbonyl (C=O) groups excluding carboxylic acids is 1. The van der Waals surface area contributed by atoms with Crippen molar-refractivity contribution in [3.8, 4) is 11.4 Å². The van der Waals surface area contributed by atoms with Crippen molar-refractivity contribution in [2.24, 2.45) is 0 Å². The molecule has 0 aliphatic carbocycles. The second kappa shape index (κ2) is 7.59. The van der Waals surface area contributed by atoms with Gasteiger partial charge in [-0.3, -0.25) is 4.79 Å². The molecule has 3 rings (SSSR count). The molecule has 0 saturated carbocycles. The van der Waals surface area contributed by atoms with Gasteiger partial charge in [-0.1, -0.05) is 6.07 Å². The molecule has 0 radical (unpaired) electrons. The van der Waals surface area contributed by atoms with Gasteiger partial charge in [0.15, 0.2) is 6.61 Å². The van der Waals surface area contributed by atoms with Gasteiger partial charge in [0.1, 0.15) is 12.0 Å². The minimum absolute atomic E-state index is 0.0738. The number of ketones is 1. The number of ether oxygens (including phenoxy) is 1. The molecule has 0 aliphatic rings. The number of hydrogen-bond acceptors (Lipinski definition) is 5. The Hall–Kier alpha value is -3.55. The van der Waals surface area contributed by atoms with Crippen LogP contribution in [-0.2, 0) is 0 Å². The van der Waals surface area contributed by atoms with Gasteiger partial charge in [0.05, 0.1) is 0 Å². The zero-order chi connectivity index (χ0) is 20.4. The molecule has 0 unspecified atom stereocenters. The van der Waals surface area contributed by atoms with Crippen molar-refractivity contribution in [3.05, 3.63) is 81.0 Å². The van der Waals surface area contributed by atoms with E-state index >= 15 is 0 Å². The van der Waals surface area contributed by atoms with E-state index in [4.69, 9.17) is 4.74 Å². The predicted octanol–water partition coefficient (Wildman–Crippen LogP) is 4.11. The number of Topliss-reactive ketones (excluding diaryl/α,β-unsaturated/α-hetero) is 1. The van der Waals surface area contributed by atoms with Crippen LogP contribution in [0.4, 0.5) is 10.2 Å². The van der Waals surface area contributed by atoms with Crippen molar-refractivity contribution in [2.75, 3.05) is 6.61 Å². The third kappa shape index (κ3) is 3.62. The van der Waals surface area contributed by atoms with Gasteiger partial charge in [-0.15, -0.1) is 0 Å². The molecule has 7 nitrogen and oxygen atoms in total. The van der Waals surface area contributed by atoms with Crippen LogP contribution in [0.2, 0.25) is 0 Å². The van der Waals surface area contributed by atoms with Crippen molar-refractivity contribution in [1.29, 1.82) is 0 Å². The van der Waals surface area contributed by atoms with Crippen LogP contribution >= 0.6 is 0 Å². The number of hydrogen-bond donors (Lipinski definition) is 0. The van der Waals surface area contributed by atoms with Gasteiger partial charge in [0.2, 0.25) is 11.5 Å². The van der Waals surface area contributed by atoms with E-state index in [0.29, 0.717) is 22.5 Å². The summed E-state index contributed by atoms with van der Waals surface area (Å²) in [6.07, 6.45) is 1.28. The molecule has 3 aromatic rings. The predicted molar refractivity (Wildman–Crippen MR) is 101 cm³/mol.